The number of nitrogens with zero attached hydrogens (tertiary/aromatic N) is 2. The maximum absolute atomic E-state index is 5.19. The third-order valence-corrected chi connectivity index (χ3v) is 2.96. The molecule has 1 aromatic heterocycles. The Balaban J connectivity index is 1.88. The quantitative estimate of drug-likeness (QED) is 0.824. The van der Waals surface area contributed by atoms with Gasteiger partial charge in [0.25, 0.3) is 5.88 Å². The van der Waals surface area contributed by atoms with Gasteiger partial charge < -0.3 is 14.6 Å². The Bertz CT molecular complexity index is 327. The van der Waals surface area contributed by atoms with Gasteiger partial charge in [-0.15, -0.1) is 0 Å². The molecule has 0 aliphatic carbocycles. The number of rotatable bonds is 4. The molecule has 1 aliphatic heterocycles. The SMILES string of the molecule is CCC1CN(Cc2cc(OC)no2)CCN1. The third kappa shape index (κ3) is 2.74. The smallest absolute Gasteiger partial charge is 0.254 e. The molecule has 1 fully saturated rings. The first-order valence-corrected chi connectivity index (χ1v) is 5.77. The summed E-state index contributed by atoms with van der Waals surface area (Å²) in [6.45, 7) is 6.19. The Morgan fingerprint density at radius 1 is 1.69 bits per heavy atom. The first-order valence-electron chi connectivity index (χ1n) is 5.77. The Kier molecular flexibility index (Phi) is 3.79. The predicted octanol–water partition coefficient (Wildman–Crippen LogP) is 0.867. The van der Waals surface area contributed by atoms with Crippen molar-refractivity contribution < 1.29 is 9.26 Å². The minimum absolute atomic E-state index is 0.553. The van der Waals surface area contributed by atoms with Crippen LogP contribution in [0, 0.1) is 0 Å². The molecule has 16 heavy (non-hydrogen) atoms. The monoisotopic (exact) mass is 225 g/mol. The Morgan fingerprint density at radius 2 is 2.56 bits per heavy atom. The first kappa shape index (κ1) is 11.4. The van der Waals surface area contributed by atoms with E-state index in [4.69, 9.17) is 9.26 Å². The molecule has 0 amide bonds. The third-order valence-electron chi connectivity index (χ3n) is 2.96. The zero-order chi connectivity index (χ0) is 11.4. The molecule has 0 saturated carbocycles. The molecule has 2 heterocycles. The normalized spacial score (nSPS) is 22.2. The maximum Gasteiger partial charge on any atom is 0.254 e. The van der Waals surface area contributed by atoms with E-state index < -0.39 is 0 Å². The molecule has 5 nitrogen and oxygen atoms in total. The fourth-order valence-electron chi connectivity index (χ4n) is 2.00. The molecule has 1 saturated heterocycles. The van der Waals surface area contributed by atoms with E-state index in [0.717, 1.165) is 38.4 Å². The summed E-state index contributed by atoms with van der Waals surface area (Å²) >= 11 is 0. The molecule has 1 N–H and O–H groups in total. The molecule has 0 aromatic carbocycles. The molecule has 90 valence electrons. The predicted molar refractivity (Wildman–Crippen MR) is 60.4 cm³/mol. The lowest BCUT2D eigenvalue weighted by atomic mass is 10.1. The van der Waals surface area contributed by atoms with Gasteiger partial charge in [-0.25, -0.2) is 0 Å². The zero-order valence-electron chi connectivity index (χ0n) is 9.90. The summed E-state index contributed by atoms with van der Waals surface area (Å²) in [5, 5.41) is 7.29. The van der Waals surface area contributed by atoms with E-state index in [0.29, 0.717) is 11.9 Å². The highest BCUT2D eigenvalue weighted by atomic mass is 16.5. The highest BCUT2D eigenvalue weighted by Crippen LogP contribution is 2.14. The second-order valence-corrected chi connectivity index (χ2v) is 4.13. The summed E-state index contributed by atoms with van der Waals surface area (Å²) in [5.74, 6) is 1.42. The van der Waals surface area contributed by atoms with E-state index in [9.17, 15) is 0 Å². The summed E-state index contributed by atoms with van der Waals surface area (Å²) in [6.07, 6.45) is 1.16. The van der Waals surface area contributed by atoms with Crippen LogP contribution in [0.3, 0.4) is 0 Å². The van der Waals surface area contributed by atoms with Crippen LogP contribution in [0.1, 0.15) is 19.1 Å². The maximum atomic E-state index is 5.19. The van der Waals surface area contributed by atoms with Crippen LogP contribution in [-0.2, 0) is 6.54 Å². The zero-order valence-corrected chi connectivity index (χ0v) is 9.90. The number of piperazine rings is 1. The van der Waals surface area contributed by atoms with Crippen molar-refractivity contribution in [3.63, 3.8) is 0 Å². The van der Waals surface area contributed by atoms with Crippen molar-refractivity contribution in [3.05, 3.63) is 11.8 Å². The van der Waals surface area contributed by atoms with E-state index in [1.54, 1.807) is 7.11 Å². The summed E-state index contributed by atoms with van der Waals surface area (Å²) in [6, 6.07) is 2.45. The van der Waals surface area contributed by atoms with E-state index in [1.165, 1.54) is 0 Å². The molecule has 0 spiro atoms. The van der Waals surface area contributed by atoms with E-state index in [2.05, 4.69) is 22.3 Å². The van der Waals surface area contributed by atoms with E-state index in [-0.39, 0.29) is 0 Å². The van der Waals surface area contributed by atoms with E-state index in [1.807, 2.05) is 6.07 Å². The van der Waals surface area contributed by atoms with Crippen LogP contribution < -0.4 is 10.1 Å². The van der Waals surface area contributed by atoms with E-state index >= 15 is 0 Å². The standard InChI is InChI=1S/C11H19N3O2/c1-3-9-7-14(5-4-12-9)8-10-6-11(15-2)13-16-10/h6,9,12H,3-5,7-8H2,1-2H3. The molecule has 1 aromatic rings. The molecule has 1 atom stereocenters. The van der Waals surface area contributed by atoms with Crippen LogP contribution in [-0.4, -0.2) is 42.8 Å². The van der Waals surface area contributed by atoms with Crippen molar-refractivity contribution >= 4 is 0 Å². The van der Waals surface area contributed by atoms with Crippen LogP contribution in [0.2, 0.25) is 0 Å². The van der Waals surface area contributed by atoms with Crippen molar-refractivity contribution in [2.45, 2.75) is 25.9 Å². The van der Waals surface area contributed by atoms with Gasteiger partial charge in [0, 0.05) is 31.7 Å². The fourth-order valence-corrected chi connectivity index (χ4v) is 2.00. The molecular formula is C11H19N3O2. The van der Waals surface area contributed by atoms with Crippen LogP contribution in [0.25, 0.3) is 0 Å². The average molecular weight is 225 g/mol. The number of ether oxygens (including phenoxy) is 1. The van der Waals surface area contributed by atoms with Crippen LogP contribution in [0.4, 0.5) is 0 Å². The molecule has 5 heteroatoms. The molecule has 1 unspecified atom stereocenters. The number of hydrogen-bond donors (Lipinski definition) is 1. The van der Waals surface area contributed by atoms with Gasteiger partial charge in [0.2, 0.25) is 0 Å². The highest BCUT2D eigenvalue weighted by Gasteiger charge is 2.19. The summed E-state index contributed by atoms with van der Waals surface area (Å²) in [7, 11) is 1.60. The van der Waals surface area contributed by atoms with Crippen molar-refractivity contribution in [2.75, 3.05) is 26.7 Å². The van der Waals surface area contributed by atoms with Crippen molar-refractivity contribution in [3.8, 4) is 5.88 Å². The highest BCUT2D eigenvalue weighted by molar-refractivity contribution is 5.10. The van der Waals surface area contributed by atoms with Gasteiger partial charge in [-0.3, -0.25) is 4.90 Å². The second-order valence-electron chi connectivity index (χ2n) is 4.13. The summed E-state index contributed by atoms with van der Waals surface area (Å²) in [5.41, 5.74) is 0. The van der Waals surface area contributed by atoms with Gasteiger partial charge in [-0.1, -0.05) is 6.92 Å². The second kappa shape index (κ2) is 5.32. The van der Waals surface area contributed by atoms with Gasteiger partial charge in [0.1, 0.15) is 0 Å². The molecule has 1 aliphatic rings. The lowest BCUT2D eigenvalue weighted by molar-refractivity contribution is 0.172. The molecule has 0 radical (unpaired) electrons. The van der Waals surface area contributed by atoms with Gasteiger partial charge in [0.15, 0.2) is 5.76 Å². The fraction of sp³-hybridized carbons (Fsp3) is 0.727. The van der Waals surface area contributed by atoms with Crippen LogP contribution in [0.5, 0.6) is 5.88 Å². The lowest BCUT2D eigenvalue weighted by Crippen LogP contribution is -2.49. The average Bonchev–Trinajstić information content (AvgIpc) is 2.77. The lowest BCUT2D eigenvalue weighted by Gasteiger charge is -2.32. The van der Waals surface area contributed by atoms with Gasteiger partial charge in [0.05, 0.1) is 13.7 Å². The van der Waals surface area contributed by atoms with Crippen LogP contribution >= 0.6 is 0 Å². The van der Waals surface area contributed by atoms with Gasteiger partial charge in [-0.05, 0) is 11.6 Å². The van der Waals surface area contributed by atoms with Gasteiger partial charge in [-0.2, -0.15) is 0 Å². The molecular weight excluding hydrogens is 206 g/mol. The van der Waals surface area contributed by atoms with Crippen LogP contribution in [0.15, 0.2) is 10.6 Å². The first-order chi connectivity index (χ1) is 7.81. The molecule has 2 rings (SSSR count). The number of aromatic nitrogens is 1. The Hall–Kier alpha value is -1.07. The topological polar surface area (TPSA) is 50.5 Å². The largest absolute Gasteiger partial charge is 0.479 e. The molecule has 0 bridgehead atoms. The Labute approximate surface area is 95.7 Å². The number of nitrogens with one attached hydrogen (secondary N) is 1. The number of hydrogen-bond acceptors (Lipinski definition) is 5. The summed E-state index contributed by atoms with van der Waals surface area (Å²) in [4.78, 5) is 2.38. The van der Waals surface area contributed by atoms with Gasteiger partial charge >= 0.3 is 0 Å². The van der Waals surface area contributed by atoms with Crippen molar-refractivity contribution in [2.24, 2.45) is 0 Å². The van der Waals surface area contributed by atoms with Crippen molar-refractivity contribution in [1.82, 2.24) is 15.4 Å². The van der Waals surface area contributed by atoms with Crippen molar-refractivity contribution in [1.29, 1.82) is 0 Å². The Morgan fingerprint density at radius 3 is 3.25 bits per heavy atom. The minimum atomic E-state index is 0.553. The number of methoxy groups -OCH3 is 1. The minimum Gasteiger partial charge on any atom is -0.479 e. The summed E-state index contributed by atoms with van der Waals surface area (Å²) < 4.78 is 10.2.